The summed E-state index contributed by atoms with van der Waals surface area (Å²) in [6.07, 6.45) is 1.28. The van der Waals surface area contributed by atoms with Gasteiger partial charge in [-0.05, 0) is 56.9 Å². The van der Waals surface area contributed by atoms with Gasteiger partial charge in [-0.25, -0.2) is 0 Å². The molecule has 2 amide bonds. The van der Waals surface area contributed by atoms with Crippen molar-refractivity contribution in [2.45, 2.75) is 33.6 Å². The Kier molecular flexibility index (Phi) is 5.07. The maximum absolute atomic E-state index is 13.2. The van der Waals surface area contributed by atoms with Crippen LogP contribution in [-0.2, 0) is 9.59 Å². The van der Waals surface area contributed by atoms with E-state index in [9.17, 15) is 9.59 Å². The van der Waals surface area contributed by atoms with Gasteiger partial charge >= 0.3 is 0 Å². The Balaban J connectivity index is 1.42. The van der Waals surface area contributed by atoms with E-state index in [4.69, 9.17) is 0 Å². The highest BCUT2D eigenvalue weighted by molar-refractivity contribution is 6.13. The molecule has 1 saturated carbocycles. The molecule has 5 heteroatoms. The van der Waals surface area contributed by atoms with Crippen LogP contribution >= 0.6 is 0 Å². The predicted octanol–water partition coefficient (Wildman–Crippen LogP) is 3.68. The second-order valence-corrected chi connectivity index (χ2v) is 8.42. The number of hydrogen-bond donors (Lipinski definition) is 1. The molecule has 0 aromatic heterocycles. The highest BCUT2D eigenvalue weighted by atomic mass is 16.2. The van der Waals surface area contributed by atoms with E-state index in [0.717, 1.165) is 29.9 Å². The van der Waals surface area contributed by atoms with Crippen LogP contribution < -0.4 is 10.2 Å². The van der Waals surface area contributed by atoms with E-state index in [-0.39, 0.29) is 11.8 Å². The predicted molar refractivity (Wildman–Crippen MR) is 116 cm³/mol. The van der Waals surface area contributed by atoms with Crippen molar-refractivity contribution in [3.63, 3.8) is 0 Å². The molecule has 2 aliphatic rings. The van der Waals surface area contributed by atoms with E-state index < -0.39 is 5.41 Å². The lowest BCUT2D eigenvalue weighted by molar-refractivity contribution is -0.142. The zero-order chi connectivity index (χ0) is 20.6. The molecule has 0 bridgehead atoms. The lowest BCUT2D eigenvalue weighted by atomic mass is 10.0. The molecule has 2 fully saturated rings. The maximum Gasteiger partial charge on any atom is 0.240 e. The van der Waals surface area contributed by atoms with Gasteiger partial charge in [0.2, 0.25) is 11.8 Å². The number of amides is 2. The second-order valence-electron chi connectivity index (χ2n) is 8.42. The first-order chi connectivity index (χ1) is 13.9. The minimum atomic E-state index is -0.876. The van der Waals surface area contributed by atoms with Gasteiger partial charge in [-0.2, -0.15) is 0 Å². The largest absolute Gasteiger partial charge is 0.368 e. The van der Waals surface area contributed by atoms with Gasteiger partial charge in [0.15, 0.2) is 0 Å². The Labute approximate surface area is 172 Å². The lowest BCUT2D eigenvalue weighted by Gasteiger charge is -2.37. The zero-order valence-corrected chi connectivity index (χ0v) is 17.5. The molecule has 0 atom stereocenters. The van der Waals surface area contributed by atoms with Crippen molar-refractivity contribution in [1.82, 2.24) is 4.90 Å². The van der Waals surface area contributed by atoms with Crippen molar-refractivity contribution in [2.24, 2.45) is 5.41 Å². The molecular formula is C24H29N3O2. The van der Waals surface area contributed by atoms with Gasteiger partial charge in [0.1, 0.15) is 5.41 Å². The summed E-state index contributed by atoms with van der Waals surface area (Å²) in [5, 5.41) is 3.07. The summed E-state index contributed by atoms with van der Waals surface area (Å²) in [6.45, 7) is 8.95. The van der Waals surface area contributed by atoms with Crippen LogP contribution in [0.3, 0.4) is 0 Å². The summed E-state index contributed by atoms with van der Waals surface area (Å²) in [5.41, 5.74) is 4.40. The number of nitrogens with one attached hydrogen (secondary N) is 1. The van der Waals surface area contributed by atoms with E-state index in [1.165, 1.54) is 11.3 Å². The van der Waals surface area contributed by atoms with E-state index in [0.29, 0.717) is 25.9 Å². The van der Waals surface area contributed by atoms with Crippen LogP contribution in [-0.4, -0.2) is 42.9 Å². The first-order valence-corrected chi connectivity index (χ1v) is 10.4. The van der Waals surface area contributed by atoms with Gasteiger partial charge in [0.05, 0.1) is 0 Å². The molecule has 2 aromatic rings. The van der Waals surface area contributed by atoms with Crippen molar-refractivity contribution in [1.29, 1.82) is 0 Å². The fourth-order valence-electron chi connectivity index (χ4n) is 4.38. The van der Waals surface area contributed by atoms with Gasteiger partial charge in [-0.15, -0.1) is 0 Å². The van der Waals surface area contributed by atoms with Crippen molar-refractivity contribution < 1.29 is 9.59 Å². The standard InChI is InChI=1S/C24H29N3O2/c1-17-15-18(2)21(19(3)16-17)25-22(28)24(9-10-24)23(29)27-13-11-26(12-14-27)20-7-5-4-6-8-20/h4-8,15-16H,9-14H2,1-3H3,(H,25,28). The maximum atomic E-state index is 13.2. The third kappa shape index (κ3) is 3.74. The Morgan fingerprint density at radius 1 is 0.897 bits per heavy atom. The molecule has 29 heavy (non-hydrogen) atoms. The number of nitrogens with zero attached hydrogens (tertiary/aromatic N) is 2. The fourth-order valence-corrected chi connectivity index (χ4v) is 4.38. The highest BCUT2D eigenvalue weighted by Crippen LogP contribution is 2.48. The molecular weight excluding hydrogens is 362 g/mol. The van der Waals surface area contributed by atoms with Crippen LogP contribution in [0, 0.1) is 26.2 Å². The molecule has 0 unspecified atom stereocenters. The number of benzene rings is 2. The van der Waals surface area contributed by atoms with Crippen LogP contribution in [0.25, 0.3) is 0 Å². The van der Waals surface area contributed by atoms with Crippen LogP contribution in [0.4, 0.5) is 11.4 Å². The van der Waals surface area contributed by atoms with Crippen LogP contribution in [0.2, 0.25) is 0 Å². The smallest absolute Gasteiger partial charge is 0.240 e. The van der Waals surface area contributed by atoms with E-state index >= 15 is 0 Å². The van der Waals surface area contributed by atoms with Crippen LogP contribution in [0.15, 0.2) is 42.5 Å². The first-order valence-electron chi connectivity index (χ1n) is 10.4. The Morgan fingerprint density at radius 3 is 2.03 bits per heavy atom. The number of hydrogen-bond acceptors (Lipinski definition) is 3. The van der Waals surface area contributed by atoms with Crippen molar-refractivity contribution >= 4 is 23.2 Å². The van der Waals surface area contributed by atoms with Gasteiger partial charge in [-0.1, -0.05) is 35.9 Å². The van der Waals surface area contributed by atoms with Crippen molar-refractivity contribution in [3.05, 3.63) is 59.2 Å². The molecule has 1 aliphatic heterocycles. The summed E-state index contributed by atoms with van der Waals surface area (Å²) in [5.74, 6) is -0.159. The van der Waals surface area contributed by atoms with Gasteiger partial charge in [0, 0.05) is 37.6 Å². The molecule has 1 N–H and O–H groups in total. The minimum absolute atomic E-state index is 0.00914. The first kappa shape index (κ1) is 19.5. The third-order valence-corrected chi connectivity index (χ3v) is 6.20. The lowest BCUT2D eigenvalue weighted by Crippen LogP contribution is -2.52. The number of aryl methyl sites for hydroxylation is 3. The van der Waals surface area contributed by atoms with Crippen molar-refractivity contribution in [3.8, 4) is 0 Å². The van der Waals surface area contributed by atoms with E-state index in [1.807, 2.05) is 43.9 Å². The summed E-state index contributed by atoms with van der Waals surface area (Å²) in [4.78, 5) is 30.5. The molecule has 4 rings (SSSR count). The third-order valence-electron chi connectivity index (χ3n) is 6.20. The highest BCUT2D eigenvalue weighted by Gasteiger charge is 2.58. The quantitative estimate of drug-likeness (QED) is 0.809. The molecule has 1 saturated heterocycles. The second kappa shape index (κ2) is 7.54. The molecule has 152 valence electrons. The number of rotatable bonds is 4. The number of para-hydroxylation sites is 1. The normalized spacial score (nSPS) is 17.8. The van der Waals surface area contributed by atoms with Gasteiger partial charge < -0.3 is 15.1 Å². The molecule has 0 spiro atoms. The number of anilines is 2. The van der Waals surface area contributed by atoms with E-state index in [1.54, 1.807) is 0 Å². The molecule has 2 aromatic carbocycles. The Bertz CT molecular complexity index is 903. The summed E-state index contributed by atoms with van der Waals surface area (Å²) in [6, 6.07) is 14.4. The topological polar surface area (TPSA) is 52.7 Å². The summed E-state index contributed by atoms with van der Waals surface area (Å²) < 4.78 is 0. The Hall–Kier alpha value is -2.82. The summed E-state index contributed by atoms with van der Waals surface area (Å²) in [7, 11) is 0. The van der Waals surface area contributed by atoms with Gasteiger partial charge in [-0.3, -0.25) is 9.59 Å². The van der Waals surface area contributed by atoms with Crippen LogP contribution in [0.5, 0.6) is 0 Å². The minimum Gasteiger partial charge on any atom is -0.368 e. The molecule has 1 heterocycles. The van der Waals surface area contributed by atoms with Crippen molar-refractivity contribution in [2.75, 3.05) is 36.4 Å². The monoisotopic (exact) mass is 391 g/mol. The summed E-state index contributed by atoms with van der Waals surface area (Å²) >= 11 is 0. The molecule has 0 radical (unpaired) electrons. The van der Waals surface area contributed by atoms with Crippen LogP contribution in [0.1, 0.15) is 29.5 Å². The van der Waals surface area contributed by atoms with E-state index in [2.05, 4.69) is 34.5 Å². The molecule has 1 aliphatic carbocycles. The fraction of sp³-hybridized carbons (Fsp3) is 0.417. The van der Waals surface area contributed by atoms with Gasteiger partial charge in [0.25, 0.3) is 0 Å². The Morgan fingerprint density at radius 2 is 1.48 bits per heavy atom. The number of carbonyl (C=O) groups is 2. The average Bonchev–Trinajstić information content (AvgIpc) is 3.53. The number of carbonyl (C=O) groups excluding carboxylic acids is 2. The SMILES string of the molecule is Cc1cc(C)c(NC(=O)C2(C(=O)N3CCN(c4ccccc4)CC3)CC2)c(C)c1. The number of piperazine rings is 1. The molecule has 5 nitrogen and oxygen atoms in total. The zero-order valence-electron chi connectivity index (χ0n) is 17.5. The average molecular weight is 392 g/mol.